The minimum atomic E-state index is -5.02. The fourth-order valence-corrected chi connectivity index (χ4v) is 8.70. The summed E-state index contributed by atoms with van der Waals surface area (Å²) in [7, 11) is -9.71. The van der Waals surface area contributed by atoms with E-state index in [9.17, 15) is 45.7 Å². The molecule has 17 nitrogen and oxygen atoms in total. The van der Waals surface area contributed by atoms with Crippen LogP contribution >= 0.6 is 0 Å². The highest BCUT2D eigenvalue weighted by molar-refractivity contribution is 7.86. The van der Waals surface area contributed by atoms with Crippen LogP contribution in [0.5, 0.6) is 28.7 Å². The molecule has 0 radical (unpaired) electrons. The van der Waals surface area contributed by atoms with Crippen LogP contribution < -0.4 is 24.8 Å². The van der Waals surface area contributed by atoms with E-state index in [0.717, 1.165) is 31.0 Å². The van der Waals surface area contributed by atoms with Gasteiger partial charge in [-0.05, 0) is 72.5 Å². The van der Waals surface area contributed by atoms with Crippen molar-refractivity contribution in [1.82, 2.24) is 5.32 Å². The number of hydrogen-bond donors (Lipinski definition) is 6. The summed E-state index contributed by atoms with van der Waals surface area (Å²) in [5.74, 6) is -0.849. The van der Waals surface area contributed by atoms with Crippen molar-refractivity contribution < 1.29 is 60.0 Å². The minimum absolute atomic E-state index is 0.0282. The zero-order valence-corrected chi connectivity index (χ0v) is 39.9. The number of phenolic OH excluding ortho intramolecular Hbond substituents is 2. The Balaban J connectivity index is 1.09. The van der Waals surface area contributed by atoms with Crippen LogP contribution in [0.3, 0.4) is 0 Å². The zero-order valence-electron chi connectivity index (χ0n) is 38.3. The van der Waals surface area contributed by atoms with E-state index in [4.69, 9.17) is 14.2 Å². The highest BCUT2D eigenvalue weighted by Crippen LogP contribution is 2.42. The van der Waals surface area contributed by atoms with E-state index < -0.39 is 59.7 Å². The second-order valence-electron chi connectivity index (χ2n) is 16.4. The number of unbranched alkanes of at least 4 members (excludes halogenated alkanes) is 9. The number of ether oxygens (including phenoxy) is 3. The maximum Gasteiger partial charge on any atom is 0.417 e. The smallest absolute Gasteiger partial charge is 0.417 e. The monoisotopic (exact) mass is 984 g/mol. The van der Waals surface area contributed by atoms with Crippen LogP contribution in [0.4, 0.5) is 21.9 Å². The average Bonchev–Trinajstić information content (AvgIpc) is 3.31. The summed E-state index contributed by atoms with van der Waals surface area (Å²) in [6.07, 6.45) is 11.7. The summed E-state index contributed by atoms with van der Waals surface area (Å²) in [6.45, 7) is 4.76. The fourth-order valence-electron chi connectivity index (χ4n) is 7.56. The molecule has 1 atom stereocenters. The normalized spacial score (nSPS) is 12.3. The van der Waals surface area contributed by atoms with Crippen molar-refractivity contribution in [3.63, 3.8) is 0 Å². The molecule has 0 aliphatic heterocycles. The Morgan fingerprint density at radius 3 is 1.99 bits per heavy atom. The van der Waals surface area contributed by atoms with Crippen LogP contribution in [0, 0.1) is 0 Å². The second kappa shape index (κ2) is 24.0. The molecule has 0 aliphatic rings. The molecular formula is C50H56N4O13S2. The largest absolute Gasteiger partial charge is 0.506 e. The van der Waals surface area contributed by atoms with Gasteiger partial charge in [0.1, 0.15) is 33.6 Å². The quantitative estimate of drug-likeness (QED) is 0.0143. The lowest BCUT2D eigenvalue weighted by molar-refractivity contribution is 0.0810. The first-order chi connectivity index (χ1) is 33.0. The van der Waals surface area contributed by atoms with Gasteiger partial charge >= 0.3 is 6.09 Å². The van der Waals surface area contributed by atoms with Gasteiger partial charge in [-0.1, -0.05) is 114 Å². The molecule has 0 bridgehead atoms. The van der Waals surface area contributed by atoms with Gasteiger partial charge in [-0.15, -0.1) is 5.11 Å². The van der Waals surface area contributed by atoms with E-state index in [-0.39, 0.29) is 44.6 Å². The Morgan fingerprint density at radius 2 is 1.32 bits per heavy atom. The van der Waals surface area contributed by atoms with E-state index in [2.05, 4.69) is 27.8 Å². The number of carbonyl (C=O) groups excluding carboxylic acids is 2. The van der Waals surface area contributed by atoms with Crippen LogP contribution in [0.1, 0.15) is 101 Å². The minimum Gasteiger partial charge on any atom is -0.506 e. The van der Waals surface area contributed by atoms with Gasteiger partial charge in [0.2, 0.25) is 0 Å². The number of nitrogens with zero attached hydrogens (tertiary/aromatic N) is 2. The number of phenols is 2. The van der Waals surface area contributed by atoms with Gasteiger partial charge in [0.25, 0.3) is 26.1 Å². The highest BCUT2D eigenvalue weighted by atomic mass is 32.2. The lowest BCUT2D eigenvalue weighted by Crippen LogP contribution is -2.39. The standard InChI is InChI=1S/C50H56N4O13S2/c1-3-5-6-7-8-9-10-11-12-15-28-65-36-18-16-19-37(31-36)66-45(17-4-2)52-49(57)42-32-43(40-20-13-14-21-41(40)47(42)55)67-50(58)51-34-22-24-35(25-23-34)53-54-46-39-27-26-38(68(59,60)61)29-33(39)30-44(48(46)56)69(62,63)64/h13-14,16,18-27,29-32,45,55-56H,3-12,15,17,28H2,1-2H3,(H,51,58)(H,52,57)(H,59,60,61)(H,62,63,64). The summed E-state index contributed by atoms with van der Waals surface area (Å²) in [5.41, 5.74) is -0.212. The molecule has 0 saturated heterocycles. The lowest BCUT2D eigenvalue weighted by Gasteiger charge is -2.21. The van der Waals surface area contributed by atoms with Gasteiger partial charge in [-0.2, -0.15) is 21.9 Å². The number of hydrogen-bond acceptors (Lipinski definition) is 13. The molecule has 1 unspecified atom stereocenters. The molecule has 6 rings (SSSR count). The molecule has 6 aromatic carbocycles. The number of anilines is 1. The third kappa shape index (κ3) is 14.4. The number of benzene rings is 6. The molecule has 0 aliphatic carbocycles. The molecule has 6 N–H and O–H groups in total. The highest BCUT2D eigenvalue weighted by Gasteiger charge is 2.25. The van der Waals surface area contributed by atoms with Crippen LogP contribution in [-0.4, -0.2) is 61.0 Å². The molecule has 2 amide bonds. The van der Waals surface area contributed by atoms with Crippen molar-refractivity contribution >= 4 is 70.8 Å². The molecule has 0 fully saturated rings. The Labute approximate surface area is 401 Å². The molecule has 0 heterocycles. The van der Waals surface area contributed by atoms with E-state index in [1.165, 1.54) is 87.8 Å². The SMILES string of the molecule is CCCCCCCCCCCCOc1cccc(OC(CCC)NC(=O)c2cc(OC(=O)Nc3ccc(N=Nc4c(O)c(S(=O)(=O)O)cc5cc(S(=O)(=O)O)ccc45)cc3)c3ccccc3c2O)c1. The molecule has 19 heteroatoms. The summed E-state index contributed by atoms with van der Waals surface area (Å²) in [6, 6.07) is 24.7. The third-order valence-electron chi connectivity index (χ3n) is 11.1. The maximum absolute atomic E-state index is 13.8. The lowest BCUT2D eigenvalue weighted by atomic mass is 10.0. The van der Waals surface area contributed by atoms with Gasteiger partial charge in [0.15, 0.2) is 12.0 Å². The van der Waals surface area contributed by atoms with Crippen LogP contribution in [0.25, 0.3) is 21.5 Å². The maximum atomic E-state index is 13.8. The Morgan fingerprint density at radius 1 is 0.652 bits per heavy atom. The van der Waals surface area contributed by atoms with Crippen LogP contribution in [0.15, 0.2) is 123 Å². The van der Waals surface area contributed by atoms with Crippen LogP contribution in [-0.2, 0) is 20.2 Å². The van der Waals surface area contributed by atoms with Gasteiger partial charge in [-0.3, -0.25) is 19.2 Å². The molecule has 0 spiro atoms. The molecule has 366 valence electrons. The number of azo groups is 1. The molecule has 0 saturated carbocycles. The first-order valence-corrected chi connectivity index (χ1v) is 25.6. The summed E-state index contributed by atoms with van der Waals surface area (Å²) >= 11 is 0. The van der Waals surface area contributed by atoms with Crippen molar-refractivity contribution in [2.45, 2.75) is 107 Å². The topological polar surface area (TPSA) is 260 Å². The van der Waals surface area contributed by atoms with Gasteiger partial charge in [0.05, 0.1) is 22.8 Å². The first kappa shape index (κ1) is 51.6. The Bertz CT molecular complexity index is 3020. The van der Waals surface area contributed by atoms with E-state index in [0.29, 0.717) is 36.3 Å². The van der Waals surface area contributed by atoms with E-state index in [1.54, 1.807) is 36.4 Å². The predicted molar refractivity (Wildman–Crippen MR) is 262 cm³/mol. The van der Waals surface area contributed by atoms with Crippen LogP contribution in [0.2, 0.25) is 0 Å². The predicted octanol–water partition coefficient (Wildman–Crippen LogP) is 12.2. The number of carbonyl (C=O) groups is 2. The number of fused-ring (bicyclic) bond motifs is 2. The van der Waals surface area contributed by atoms with Crippen molar-refractivity contribution in [1.29, 1.82) is 0 Å². The van der Waals surface area contributed by atoms with Crippen molar-refractivity contribution in [3.05, 3.63) is 109 Å². The zero-order chi connectivity index (χ0) is 49.6. The van der Waals surface area contributed by atoms with Gasteiger partial charge < -0.3 is 29.7 Å². The Kier molecular flexibility index (Phi) is 17.9. The van der Waals surface area contributed by atoms with Gasteiger partial charge in [0, 0.05) is 34.3 Å². The molecule has 69 heavy (non-hydrogen) atoms. The second-order valence-corrected chi connectivity index (χ2v) is 19.2. The fraction of sp³-hybridized carbons (Fsp3) is 0.320. The molecular weight excluding hydrogens is 929 g/mol. The number of nitrogens with one attached hydrogen (secondary N) is 2. The Hall–Kier alpha value is -6.80. The number of aromatic hydroxyl groups is 2. The molecule has 6 aromatic rings. The summed E-state index contributed by atoms with van der Waals surface area (Å²) < 4.78 is 84.6. The number of amides is 2. The third-order valence-corrected chi connectivity index (χ3v) is 12.8. The first-order valence-electron chi connectivity index (χ1n) is 22.8. The average molecular weight is 985 g/mol. The van der Waals surface area contributed by atoms with Crippen molar-refractivity contribution in [3.8, 4) is 28.7 Å². The summed E-state index contributed by atoms with van der Waals surface area (Å²) in [5, 5.41) is 36.0. The molecule has 0 aromatic heterocycles. The number of rotatable bonds is 24. The van der Waals surface area contributed by atoms with E-state index >= 15 is 0 Å². The van der Waals surface area contributed by atoms with Crippen molar-refractivity contribution in [2.75, 3.05) is 11.9 Å². The summed E-state index contributed by atoms with van der Waals surface area (Å²) in [4.78, 5) is 25.6. The van der Waals surface area contributed by atoms with Crippen molar-refractivity contribution in [2.24, 2.45) is 10.2 Å². The van der Waals surface area contributed by atoms with E-state index in [1.807, 2.05) is 19.1 Å². The van der Waals surface area contributed by atoms with Gasteiger partial charge in [-0.25, -0.2) is 4.79 Å².